The summed E-state index contributed by atoms with van der Waals surface area (Å²) in [5, 5.41) is 3.41. The third-order valence-electron chi connectivity index (χ3n) is 4.01. The van der Waals surface area contributed by atoms with Crippen LogP contribution in [-0.2, 0) is 11.3 Å². The summed E-state index contributed by atoms with van der Waals surface area (Å²) in [6, 6.07) is 20.4. The van der Waals surface area contributed by atoms with E-state index in [1.807, 2.05) is 0 Å². The zero-order chi connectivity index (χ0) is 19.9. The first-order chi connectivity index (χ1) is 13.5. The van der Waals surface area contributed by atoms with Crippen LogP contribution >= 0.6 is 11.6 Å². The molecule has 6 heteroatoms. The summed E-state index contributed by atoms with van der Waals surface area (Å²) in [6.45, 7) is 0.159. The Hall–Kier alpha value is -3.31. The van der Waals surface area contributed by atoms with E-state index in [1.165, 1.54) is 0 Å². The smallest absolute Gasteiger partial charge is 0.338 e. The minimum atomic E-state index is -0.442. The molecule has 0 heterocycles. The number of hydrogen-bond acceptors (Lipinski definition) is 4. The summed E-state index contributed by atoms with van der Waals surface area (Å²) in [5.41, 5.74) is 2.33. The molecule has 0 aliphatic heterocycles. The van der Waals surface area contributed by atoms with Gasteiger partial charge in [-0.3, -0.25) is 4.79 Å². The van der Waals surface area contributed by atoms with Crippen molar-refractivity contribution in [1.29, 1.82) is 0 Å². The molecule has 0 saturated heterocycles. The van der Waals surface area contributed by atoms with Crippen LogP contribution in [0.5, 0.6) is 5.75 Å². The number of carbonyl (C=O) groups is 2. The minimum absolute atomic E-state index is 0.159. The molecule has 1 amide bonds. The summed E-state index contributed by atoms with van der Waals surface area (Å²) in [5.74, 6) is -0.0123. The summed E-state index contributed by atoms with van der Waals surface area (Å²) in [6.07, 6.45) is 0. The predicted octanol–water partition coefficient (Wildman–Crippen LogP) is 4.96. The predicted molar refractivity (Wildman–Crippen MR) is 108 cm³/mol. The van der Waals surface area contributed by atoms with Crippen molar-refractivity contribution in [1.82, 2.24) is 0 Å². The molecule has 0 atom stereocenters. The zero-order valence-electron chi connectivity index (χ0n) is 15.1. The van der Waals surface area contributed by atoms with Gasteiger partial charge in [0.25, 0.3) is 5.91 Å². The van der Waals surface area contributed by atoms with Crippen LogP contribution in [0, 0.1) is 0 Å². The highest BCUT2D eigenvalue weighted by Gasteiger charge is 2.10. The molecule has 3 aromatic rings. The fourth-order valence-electron chi connectivity index (χ4n) is 2.45. The molecule has 1 N–H and O–H groups in total. The first-order valence-electron chi connectivity index (χ1n) is 8.52. The van der Waals surface area contributed by atoms with Crippen LogP contribution in [0.2, 0.25) is 5.02 Å². The van der Waals surface area contributed by atoms with Crippen molar-refractivity contribution in [2.24, 2.45) is 0 Å². The van der Waals surface area contributed by atoms with Crippen molar-refractivity contribution in [2.45, 2.75) is 6.61 Å². The average Bonchev–Trinajstić information content (AvgIpc) is 2.73. The second kappa shape index (κ2) is 9.06. The van der Waals surface area contributed by atoms with Gasteiger partial charge < -0.3 is 14.8 Å². The van der Waals surface area contributed by atoms with Crippen molar-refractivity contribution in [3.63, 3.8) is 0 Å². The second-order valence-electron chi connectivity index (χ2n) is 5.96. The molecule has 0 unspecified atom stereocenters. The number of rotatable bonds is 6. The molecule has 0 aliphatic carbocycles. The Morgan fingerprint density at radius 3 is 2.07 bits per heavy atom. The third-order valence-corrected chi connectivity index (χ3v) is 4.27. The van der Waals surface area contributed by atoms with Crippen molar-refractivity contribution in [2.75, 3.05) is 12.4 Å². The van der Waals surface area contributed by atoms with Gasteiger partial charge in [-0.25, -0.2) is 4.79 Å². The van der Waals surface area contributed by atoms with Gasteiger partial charge in [0.15, 0.2) is 0 Å². The lowest BCUT2D eigenvalue weighted by Crippen LogP contribution is -2.12. The molecule has 3 rings (SSSR count). The van der Waals surface area contributed by atoms with E-state index in [9.17, 15) is 9.59 Å². The zero-order valence-corrected chi connectivity index (χ0v) is 15.9. The summed E-state index contributed by atoms with van der Waals surface area (Å²) >= 11 is 5.83. The molecule has 0 fully saturated rings. The Labute approximate surface area is 167 Å². The van der Waals surface area contributed by atoms with Gasteiger partial charge in [-0.2, -0.15) is 0 Å². The van der Waals surface area contributed by atoms with Crippen molar-refractivity contribution >= 4 is 29.2 Å². The molecule has 3 aromatic carbocycles. The van der Waals surface area contributed by atoms with Crippen LogP contribution in [-0.4, -0.2) is 19.0 Å². The number of carbonyl (C=O) groups excluding carboxylic acids is 2. The van der Waals surface area contributed by atoms with E-state index in [2.05, 4.69) is 5.32 Å². The normalized spacial score (nSPS) is 10.2. The highest BCUT2D eigenvalue weighted by atomic mass is 35.5. The van der Waals surface area contributed by atoms with Crippen molar-refractivity contribution in [3.8, 4) is 5.75 Å². The Balaban J connectivity index is 1.56. The average molecular weight is 396 g/mol. The van der Waals surface area contributed by atoms with Crippen LogP contribution in [0.4, 0.5) is 5.69 Å². The first-order valence-corrected chi connectivity index (χ1v) is 8.90. The lowest BCUT2D eigenvalue weighted by atomic mass is 10.1. The van der Waals surface area contributed by atoms with Gasteiger partial charge >= 0.3 is 5.97 Å². The molecule has 0 saturated carbocycles. The van der Waals surface area contributed by atoms with Crippen molar-refractivity contribution < 1.29 is 19.1 Å². The van der Waals surface area contributed by atoms with Gasteiger partial charge in [-0.15, -0.1) is 0 Å². The van der Waals surface area contributed by atoms with Crippen molar-refractivity contribution in [3.05, 3.63) is 94.5 Å². The van der Waals surface area contributed by atoms with E-state index < -0.39 is 5.97 Å². The maximum Gasteiger partial charge on any atom is 0.338 e. The Morgan fingerprint density at radius 1 is 0.857 bits per heavy atom. The number of ether oxygens (including phenoxy) is 2. The highest BCUT2D eigenvalue weighted by Crippen LogP contribution is 2.16. The van der Waals surface area contributed by atoms with Gasteiger partial charge in [0.05, 0.1) is 12.7 Å². The molecule has 0 bridgehead atoms. The standard InChI is InChI=1S/C22H18ClNO4/c1-27-20-12-6-16(7-13-20)21(25)24-19-10-4-17(5-11-19)22(26)28-14-15-2-8-18(23)9-3-15/h2-13H,14H2,1H3,(H,24,25). The van der Waals surface area contributed by atoms with Gasteiger partial charge in [-0.05, 0) is 66.2 Å². The van der Waals surface area contributed by atoms with E-state index in [-0.39, 0.29) is 12.5 Å². The van der Waals surface area contributed by atoms with Crippen LogP contribution < -0.4 is 10.1 Å². The topological polar surface area (TPSA) is 64.6 Å². The van der Waals surface area contributed by atoms with E-state index in [0.29, 0.717) is 27.6 Å². The highest BCUT2D eigenvalue weighted by molar-refractivity contribution is 6.30. The van der Waals surface area contributed by atoms with Crippen LogP contribution in [0.1, 0.15) is 26.3 Å². The van der Waals surface area contributed by atoms with E-state index in [4.69, 9.17) is 21.1 Å². The molecule has 5 nitrogen and oxygen atoms in total. The molecular formula is C22H18ClNO4. The number of hydrogen-bond donors (Lipinski definition) is 1. The van der Waals surface area contributed by atoms with Crippen LogP contribution in [0.15, 0.2) is 72.8 Å². The number of amides is 1. The second-order valence-corrected chi connectivity index (χ2v) is 6.40. The molecule has 142 valence electrons. The fourth-order valence-corrected chi connectivity index (χ4v) is 2.57. The number of anilines is 1. The van der Waals surface area contributed by atoms with Gasteiger partial charge in [-0.1, -0.05) is 23.7 Å². The summed E-state index contributed by atoms with van der Waals surface area (Å²) < 4.78 is 10.4. The minimum Gasteiger partial charge on any atom is -0.497 e. The van der Waals surface area contributed by atoms with E-state index in [0.717, 1.165) is 5.56 Å². The SMILES string of the molecule is COc1ccc(C(=O)Nc2ccc(C(=O)OCc3ccc(Cl)cc3)cc2)cc1. The Kier molecular flexibility index (Phi) is 6.29. The molecule has 0 aromatic heterocycles. The quantitative estimate of drug-likeness (QED) is 0.599. The number of halogens is 1. The summed E-state index contributed by atoms with van der Waals surface area (Å²) in [4.78, 5) is 24.4. The first kappa shape index (κ1) is 19.5. The number of esters is 1. The van der Waals surface area contributed by atoms with E-state index >= 15 is 0 Å². The molecule has 0 radical (unpaired) electrons. The number of benzene rings is 3. The third kappa shape index (κ3) is 5.11. The molecular weight excluding hydrogens is 378 g/mol. The van der Waals surface area contributed by atoms with Crippen LogP contribution in [0.25, 0.3) is 0 Å². The largest absolute Gasteiger partial charge is 0.497 e. The maximum absolute atomic E-state index is 12.3. The monoisotopic (exact) mass is 395 g/mol. The lowest BCUT2D eigenvalue weighted by Gasteiger charge is -2.08. The lowest BCUT2D eigenvalue weighted by molar-refractivity contribution is 0.0472. The van der Waals surface area contributed by atoms with Gasteiger partial charge in [0.1, 0.15) is 12.4 Å². The summed E-state index contributed by atoms with van der Waals surface area (Å²) in [7, 11) is 1.57. The molecule has 28 heavy (non-hydrogen) atoms. The van der Waals surface area contributed by atoms with E-state index in [1.54, 1.807) is 79.9 Å². The Morgan fingerprint density at radius 2 is 1.46 bits per heavy atom. The van der Waals surface area contributed by atoms with Gasteiger partial charge in [0.2, 0.25) is 0 Å². The number of nitrogens with one attached hydrogen (secondary N) is 1. The Bertz CT molecular complexity index is 951. The fraction of sp³-hybridized carbons (Fsp3) is 0.0909. The molecule has 0 aliphatic rings. The van der Waals surface area contributed by atoms with Gasteiger partial charge in [0, 0.05) is 16.3 Å². The number of methoxy groups -OCH3 is 1. The van der Waals surface area contributed by atoms with Crippen LogP contribution in [0.3, 0.4) is 0 Å². The molecule has 0 spiro atoms. The maximum atomic E-state index is 12.3.